The molecule has 1 amide bonds. The van der Waals surface area contributed by atoms with Crippen molar-refractivity contribution in [3.05, 3.63) is 69.6 Å². The number of nitrogens with zero attached hydrogens (tertiary/aromatic N) is 2. The zero-order valence-corrected chi connectivity index (χ0v) is 16.1. The van der Waals surface area contributed by atoms with Gasteiger partial charge in [-0.15, -0.1) is 0 Å². The molecule has 1 aromatic heterocycles. The molecule has 0 spiro atoms. The first-order valence-electron chi connectivity index (χ1n) is 9.62. The molecule has 1 N–H and O–H groups in total. The molecule has 2 aromatic rings. The molecule has 1 aromatic carbocycles. The van der Waals surface area contributed by atoms with Crippen LogP contribution in [0.2, 0.25) is 0 Å². The minimum atomic E-state index is -1.00. The number of hydrogen-bond acceptors (Lipinski definition) is 3. The molecule has 0 unspecified atom stereocenters. The fraction of sp³-hybridized carbons (Fsp3) is 0.409. The van der Waals surface area contributed by atoms with Gasteiger partial charge in [-0.1, -0.05) is 30.3 Å². The minimum absolute atomic E-state index is 0.117. The van der Waals surface area contributed by atoms with E-state index in [4.69, 9.17) is 0 Å². The lowest BCUT2D eigenvalue weighted by molar-refractivity contribution is -0.150. The van der Waals surface area contributed by atoms with E-state index in [1.165, 1.54) is 4.57 Å². The summed E-state index contributed by atoms with van der Waals surface area (Å²) < 4.78 is 1.46. The summed E-state index contributed by atoms with van der Waals surface area (Å²) in [6.45, 7) is 1.81. The number of aryl methyl sites for hydroxylation is 1. The summed E-state index contributed by atoms with van der Waals surface area (Å²) >= 11 is 0. The third kappa shape index (κ3) is 2.66. The maximum Gasteiger partial charge on any atom is 0.312 e. The Balaban J connectivity index is 1.71. The summed E-state index contributed by atoms with van der Waals surface area (Å²) in [5.74, 6) is -1.21. The van der Waals surface area contributed by atoms with Gasteiger partial charge in [0.25, 0.3) is 11.5 Å². The number of fused-ring (bicyclic) bond motifs is 2. The second kappa shape index (κ2) is 6.62. The Kier molecular flexibility index (Phi) is 4.37. The van der Waals surface area contributed by atoms with Crippen molar-refractivity contribution >= 4 is 11.9 Å². The van der Waals surface area contributed by atoms with Crippen molar-refractivity contribution in [1.29, 1.82) is 0 Å². The highest BCUT2D eigenvalue weighted by Crippen LogP contribution is 2.52. The van der Waals surface area contributed by atoms with Crippen LogP contribution in [0.1, 0.15) is 40.9 Å². The van der Waals surface area contributed by atoms with Crippen molar-refractivity contribution in [3.8, 4) is 0 Å². The number of carboxylic acids is 1. The van der Waals surface area contributed by atoms with E-state index in [0.29, 0.717) is 19.3 Å². The molecule has 3 heterocycles. The highest BCUT2D eigenvalue weighted by Gasteiger charge is 2.61. The molecule has 0 aliphatic carbocycles. The molecule has 0 saturated carbocycles. The van der Waals surface area contributed by atoms with Gasteiger partial charge in [-0.25, -0.2) is 0 Å². The number of aliphatic carboxylic acids is 1. The van der Waals surface area contributed by atoms with Gasteiger partial charge in [0.15, 0.2) is 0 Å². The summed E-state index contributed by atoms with van der Waals surface area (Å²) in [4.78, 5) is 39.9. The molecule has 2 bridgehead atoms. The van der Waals surface area contributed by atoms with E-state index in [1.807, 2.05) is 37.3 Å². The Labute approximate surface area is 163 Å². The minimum Gasteiger partial charge on any atom is -0.481 e. The van der Waals surface area contributed by atoms with Crippen molar-refractivity contribution in [2.45, 2.75) is 44.7 Å². The van der Waals surface area contributed by atoms with Crippen LogP contribution in [-0.4, -0.2) is 38.5 Å². The van der Waals surface area contributed by atoms with Crippen LogP contribution in [0.4, 0.5) is 0 Å². The van der Waals surface area contributed by atoms with Crippen LogP contribution >= 0.6 is 0 Å². The van der Waals surface area contributed by atoms with Crippen LogP contribution in [-0.2, 0) is 18.3 Å². The summed E-state index contributed by atoms with van der Waals surface area (Å²) in [5.41, 5.74) is 0.507. The van der Waals surface area contributed by atoms with Gasteiger partial charge < -0.3 is 14.6 Å². The SMILES string of the molecule is Cc1ccc(C(=O)N2[C@H]3CC[C@@H]2[C@](Cc2ccccc2)(C(=O)O)C3)c(=O)n1C. The largest absolute Gasteiger partial charge is 0.481 e. The predicted molar refractivity (Wildman–Crippen MR) is 104 cm³/mol. The highest BCUT2D eigenvalue weighted by molar-refractivity contribution is 5.95. The molecule has 0 radical (unpaired) electrons. The molecule has 2 aliphatic heterocycles. The highest BCUT2D eigenvalue weighted by atomic mass is 16.4. The molecule has 6 heteroatoms. The van der Waals surface area contributed by atoms with Gasteiger partial charge in [-0.05, 0) is 50.3 Å². The first kappa shape index (κ1) is 18.5. The van der Waals surface area contributed by atoms with Gasteiger partial charge in [-0.3, -0.25) is 14.4 Å². The van der Waals surface area contributed by atoms with Crippen LogP contribution in [0.15, 0.2) is 47.3 Å². The third-order valence-electron chi connectivity index (χ3n) is 6.55. The van der Waals surface area contributed by atoms with E-state index in [2.05, 4.69) is 0 Å². The van der Waals surface area contributed by atoms with E-state index in [1.54, 1.807) is 24.1 Å². The number of benzene rings is 1. The van der Waals surface area contributed by atoms with Gasteiger partial charge in [0, 0.05) is 24.8 Å². The van der Waals surface area contributed by atoms with Crippen LogP contribution in [0.5, 0.6) is 0 Å². The average molecular weight is 380 g/mol. The van der Waals surface area contributed by atoms with Crippen LogP contribution in [0, 0.1) is 12.3 Å². The van der Waals surface area contributed by atoms with E-state index < -0.39 is 17.4 Å². The lowest BCUT2D eigenvalue weighted by Gasteiger charge is -2.33. The molecule has 2 fully saturated rings. The lowest BCUT2D eigenvalue weighted by Crippen LogP contribution is -2.47. The van der Waals surface area contributed by atoms with Crippen molar-refractivity contribution < 1.29 is 14.7 Å². The molecule has 2 saturated heterocycles. The second-order valence-electron chi connectivity index (χ2n) is 8.04. The average Bonchev–Trinajstić information content (AvgIpc) is 3.23. The number of hydrogen-bond donors (Lipinski definition) is 1. The number of carboxylic acid groups (broad SMARTS) is 1. The predicted octanol–water partition coefficient (Wildman–Crippen LogP) is 2.38. The topological polar surface area (TPSA) is 79.6 Å². The Morgan fingerprint density at radius 3 is 2.54 bits per heavy atom. The maximum atomic E-state index is 13.3. The van der Waals surface area contributed by atoms with Crippen molar-refractivity contribution in [1.82, 2.24) is 9.47 Å². The van der Waals surface area contributed by atoms with Gasteiger partial charge in [0.05, 0.1) is 5.41 Å². The Morgan fingerprint density at radius 2 is 1.86 bits per heavy atom. The standard InChI is InChI=1S/C22H24N2O4/c1-14-8-10-17(19(25)23(14)2)20(26)24-16-9-11-18(24)22(13-16,21(27)28)12-15-6-4-3-5-7-15/h3-8,10,16,18H,9,11-13H2,1-2H3,(H,27,28)/t16-,18+,22+/m0/s1. The molecule has 28 heavy (non-hydrogen) atoms. The number of carbonyl (C=O) groups excluding carboxylic acids is 1. The molecule has 2 aliphatic rings. The van der Waals surface area contributed by atoms with E-state index in [9.17, 15) is 19.5 Å². The van der Waals surface area contributed by atoms with E-state index in [0.717, 1.165) is 17.7 Å². The summed E-state index contributed by atoms with van der Waals surface area (Å²) in [6, 6.07) is 12.3. The molecule has 4 rings (SSSR count). The number of amides is 1. The summed E-state index contributed by atoms with van der Waals surface area (Å²) in [6.07, 6.45) is 2.26. The number of pyridine rings is 1. The summed E-state index contributed by atoms with van der Waals surface area (Å²) in [7, 11) is 1.64. The Morgan fingerprint density at radius 1 is 1.14 bits per heavy atom. The van der Waals surface area contributed by atoms with Crippen LogP contribution in [0.25, 0.3) is 0 Å². The first-order valence-corrected chi connectivity index (χ1v) is 9.62. The smallest absolute Gasteiger partial charge is 0.312 e. The molecule has 6 nitrogen and oxygen atoms in total. The number of aromatic nitrogens is 1. The van der Waals surface area contributed by atoms with Crippen molar-refractivity contribution in [2.24, 2.45) is 12.5 Å². The fourth-order valence-electron chi connectivity index (χ4n) is 4.97. The molecular formula is C22H24N2O4. The van der Waals surface area contributed by atoms with Gasteiger partial charge >= 0.3 is 5.97 Å². The first-order chi connectivity index (χ1) is 13.3. The molecule has 3 atom stereocenters. The maximum absolute atomic E-state index is 13.3. The van der Waals surface area contributed by atoms with E-state index in [-0.39, 0.29) is 23.1 Å². The second-order valence-corrected chi connectivity index (χ2v) is 8.04. The zero-order valence-electron chi connectivity index (χ0n) is 16.1. The normalized spacial score (nSPS) is 25.9. The quantitative estimate of drug-likeness (QED) is 0.883. The lowest BCUT2D eigenvalue weighted by atomic mass is 9.70. The van der Waals surface area contributed by atoms with Gasteiger partial charge in [0.1, 0.15) is 5.56 Å². The molecular weight excluding hydrogens is 356 g/mol. The monoisotopic (exact) mass is 380 g/mol. The zero-order chi connectivity index (χ0) is 20.1. The van der Waals surface area contributed by atoms with Gasteiger partial charge in [-0.2, -0.15) is 0 Å². The fourth-order valence-corrected chi connectivity index (χ4v) is 4.97. The Bertz CT molecular complexity index is 997. The van der Waals surface area contributed by atoms with Gasteiger partial charge in [0.2, 0.25) is 0 Å². The van der Waals surface area contributed by atoms with Crippen molar-refractivity contribution in [3.63, 3.8) is 0 Å². The van der Waals surface area contributed by atoms with Crippen LogP contribution in [0.3, 0.4) is 0 Å². The Hall–Kier alpha value is -2.89. The summed E-state index contributed by atoms with van der Waals surface area (Å²) in [5, 5.41) is 10.1. The number of carbonyl (C=O) groups is 2. The van der Waals surface area contributed by atoms with Crippen LogP contribution < -0.4 is 5.56 Å². The third-order valence-corrected chi connectivity index (χ3v) is 6.55. The number of rotatable bonds is 4. The molecule has 146 valence electrons. The van der Waals surface area contributed by atoms with E-state index >= 15 is 0 Å². The van der Waals surface area contributed by atoms with Crippen molar-refractivity contribution in [2.75, 3.05) is 0 Å².